The standard InChI is InChI=1S/C33H63N/c34-32-33-30-28-26-24-22-20-18-16-14-12-10-8-6-4-2-1-3-5-7-9-11-13-15-17-19-21-23-25-27-29-31-33/h33H,1-31H2. The van der Waals surface area contributed by atoms with Crippen molar-refractivity contribution in [1.82, 2.24) is 0 Å². The molecule has 1 aliphatic rings. The van der Waals surface area contributed by atoms with Crippen molar-refractivity contribution in [3.05, 3.63) is 0 Å². The lowest BCUT2D eigenvalue weighted by molar-refractivity contribution is 0.467. The fourth-order valence-electron chi connectivity index (χ4n) is 5.83. The van der Waals surface area contributed by atoms with E-state index in [1.165, 1.54) is 186 Å². The molecule has 0 radical (unpaired) electrons. The molecule has 0 saturated heterocycles. The van der Waals surface area contributed by atoms with E-state index in [4.69, 9.17) is 0 Å². The Bertz CT molecular complexity index is 391. The molecular weight excluding hydrogens is 410 g/mol. The molecule has 0 spiro atoms. The van der Waals surface area contributed by atoms with Crippen LogP contribution < -0.4 is 0 Å². The van der Waals surface area contributed by atoms with Crippen LogP contribution in [0.15, 0.2) is 0 Å². The average molecular weight is 474 g/mol. The molecule has 0 amide bonds. The first-order valence-corrected chi connectivity index (χ1v) is 16.3. The van der Waals surface area contributed by atoms with Crippen molar-refractivity contribution in [1.29, 1.82) is 5.26 Å². The normalized spacial score (nSPS) is 23.6. The number of nitrogens with zero attached hydrogens (tertiary/aromatic N) is 1. The van der Waals surface area contributed by atoms with Crippen LogP contribution in [-0.2, 0) is 0 Å². The van der Waals surface area contributed by atoms with Gasteiger partial charge in [0.1, 0.15) is 0 Å². The van der Waals surface area contributed by atoms with Crippen molar-refractivity contribution in [3.8, 4) is 6.07 Å². The third kappa shape index (κ3) is 23.2. The third-order valence-corrected chi connectivity index (χ3v) is 8.29. The number of hydrogen-bond acceptors (Lipinski definition) is 1. The lowest BCUT2D eigenvalue weighted by Crippen LogP contribution is -1.97. The second kappa shape index (κ2) is 27.1. The van der Waals surface area contributed by atoms with Gasteiger partial charge in [-0.15, -0.1) is 0 Å². The van der Waals surface area contributed by atoms with E-state index in [1.54, 1.807) is 0 Å². The molecule has 0 aromatic rings. The number of rotatable bonds is 0. The smallest absolute Gasteiger partial charge is 0.0655 e. The zero-order valence-corrected chi connectivity index (χ0v) is 23.4. The highest BCUT2D eigenvalue weighted by atomic mass is 14.3. The van der Waals surface area contributed by atoms with Crippen molar-refractivity contribution >= 4 is 0 Å². The summed E-state index contributed by atoms with van der Waals surface area (Å²) in [6, 6.07) is 2.60. The van der Waals surface area contributed by atoms with Gasteiger partial charge in [0.2, 0.25) is 0 Å². The van der Waals surface area contributed by atoms with Gasteiger partial charge in [-0.2, -0.15) is 5.26 Å². The minimum Gasteiger partial charge on any atom is -0.198 e. The van der Waals surface area contributed by atoms with E-state index in [2.05, 4.69) is 6.07 Å². The zero-order valence-electron chi connectivity index (χ0n) is 23.4. The molecule has 0 aromatic heterocycles. The zero-order chi connectivity index (χ0) is 24.2. The van der Waals surface area contributed by atoms with Gasteiger partial charge in [0.05, 0.1) is 6.07 Å². The van der Waals surface area contributed by atoms with E-state index in [0.717, 1.165) is 12.8 Å². The van der Waals surface area contributed by atoms with Gasteiger partial charge in [0, 0.05) is 5.92 Å². The van der Waals surface area contributed by atoms with Gasteiger partial charge < -0.3 is 0 Å². The minimum absolute atomic E-state index is 0.328. The summed E-state index contributed by atoms with van der Waals surface area (Å²) in [4.78, 5) is 0. The van der Waals surface area contributed by atoms with E-state index in [0.29, 0.717) is 5.92 Å². The Morgan fingerprint density at radius 2 is 0.412 bits per heavy atom. The Morgan fingerprint density at radius 3 is 0.559 bits per heavy atom. The highest BCUT2D eigenvalue weighted by Crippen LogP contribution is 2.20. The van der Waals surface area contributed by atoms with Crippen LogP contribution in [0.5, 0.6) is 0 Å². The third-order valence-electron chi connectivity index (χ3n) is 8.29. The molecule has 1 nitrogen and oxygen atoms in total. The second-order valence-electron chi connectivity index (χ2n) is 11.7. The predicted octanol–water partition coefficient (Wildman–Crippen LogP) is 12.2. The van der Waals surface area contributed by atoms with Crippen LogP contribution >= 0.6 is 0 Å². The molecule has 1 heteroatoms. The first kappa shape index (κ1) is 31.5. The summed E-state index contributed by atoms with van der Waals surface area (Å²) in [5.41, 5.74) is 0. The Morgan fingerprint density at radius 1 is 0.265 bits per heavy atom. The molecule has 1 aliphatic carbocycles. The molecule has 1 fully saturated rings. The fraction of sp³-hybridized carbons (Fsp3) is 0.970. The van der Waals surface area contributed by atoms with Crippen LogP contribution in [0.25, 0.3) is 0 Å². The van der Waals surface area contributed by atoms with Crippen molar-refractivity contribution in [2.45, 2.75) is 199 Å². The minimum atomic E-state index is 0.328. The van der Waals surface area contributed by atoms with E-state index in [9.17, 15) is 5.26 Å². The van der Waals surface area contributed by atoms with Crippen LogP contribution in [0, 0.1) is 17.2 Å². The van der Waals surface area contributed by atoms with Crippen LogP contribution in [0.4, 0.5) is 0 Å². The van der Waals surface area contributed by atoms with Gasteiger partial charge in [-0.3, -0.25) is 0 Å². The van der Waals surface area contributed by atoms with Crippen LogP contribution in [0.1, 0.15) is 199 Å². The molecule has 0 bridgehead atoms. The van der Waals surface area contributed by atoms with Gasteiger partial charge in [-0.05, 0) is 12.8 Å². The van der Waals surface area contributed by atoms with Crippen LogP contribution in [-0.4, -0.2) is 0 Å². The molecule has 0 aliphatic heterocycles. The summed E-state index contributed by atoms with van der Waals surface area (Å²) >= 11 is 0. The Balaban J connectivity index is 2.11. The Labute approximate surface area is 216 Å². The van der Waals surface area contributed by atoms with Crippen LogP contribution in [0.3, 0.4) is 0 Å². The molecule has 0 atom stereocenters. The molecule has 1 saturated carbocycles. The summed E-state index contributed by atoms with van der Waals surface area (Å²) in [5.74, 6) is 0.328. The van der Waals surface area contributed by atoms with E-state index in [1.807, 2.05) is 0 Å². The van der Waals surface area contributed by atoms with E-state index >= 15 is 0 Å². The molecule has 0 N–H and O–H groups in total. The first-order chi connectivity index (χ1) is 16.9. The lowest BCUT2D eigenvalue weighted by atomic mass is 9.95. The van der Waals surface area contributed by atoms with Gasteiger partial charge in [-0.1, -0.05) is 186 Å². The topological polar surface area (TPSA) is 23.8 Å². The Hall–Kier alpha value is -0.510. The van der Waals surface area contributed by atoms with E-state index in [-0.39, 0.29) is 0 Å². The average Bonchev–Trinajstić information content (AvgIpc) is 2.85. The summed E-state index contributed by atoms with van der Waals surface area (Å²) < 4.78 is 0. The van der Waals surface area contributed by atoms with E-state index < -0.39 is 0 Å². The maximum Gasteiger partial charge on any atom is 0.0655 e. The molecule has 1 rings (SSSR count). The van der Waals surface area contributed by atoms with Crippen molar-refractivity contribution < 1.29 is 0 Å². The predicted molar refractivity (Wildman–Crippen MR) is 152 cm³/mol. The second-order valence-corrected chi connectivity index (χ2v) is 11.7. The van der Waals surface area contributed by atoms with Crippen LogP contribution in [0.2, 0.25) is 0 Å². The summed E-state index contributed by atoms with van der Waals surface area (Å²) in [7, 11) is 0. The van der Waals surface area contributed by atoms with Gasteiger partial charge >= 0.3 is 0 Å². The molecule has 0 aromatic carbocycles. The molecule has 0 heterocycles. The van der Waals surface area contributed by atoms with Gasteiger partial charge in [0.15, 0.2) is 0 Å². The quantitative estimate of drug-likeness (QED) is 0.343. The highest BCUT2D eigenvalue weighted by Gasteiger charge is 2.07. The molecule has 200 valence electrons. The molecular formula is C33H63N. The Kier molecular flexibility index (Phi) is 25.1. The molecule has 0 unspecified atom stereocenters. The molecule has 34 heavy (non-hydrogen) atoms. The SMILES string of the molecule is N#CC1CCCCCCCCCCCCCCCCCCCCCCCCCCCCCCC1. The maximum absolute atomic E-state index is 9.47. The summed E-state index contributed by atoms with van der Waals surface area (Å²) in [5, 5.41) is 9.47. The highest BCUT2D eigenvalue weighted by molar-refractivity contribution is 4.82. The summed E-state index contributed by atoms with van der Waals surface area (Å²) in [6.45, 7) is 0. The largest absolute Gasteiger partial charge is 0.198 e. The lowest BCUT2D eigenvalue weighted by Gasteiger charge is -2.09. The maximum atomic E-state index is 9.47. The van der Waals surface area contributed by atoms with Crippen molar-refractivity contribution in [2.24, 2.45) is 5.92 Å². The monoisotopic (exact) mass is 473 g/mol. The van der Waals surface area contributed by atoms with Gasteiger partial charge in [0.25, 0.3) is 0 Å². The summed E-state index contributed by atoms with van der Waals surface area (Å²) in [6.07, 6.45) is 43.9. The number of hydrogen-bond donors (Lipinski definition) is 0. The first-order valence-electron chi connectivity index (χ1n) is 16.3. The number of nitriles is 1. The van der Waals surface area contributed by atoms with Crippen molar-refractivity contribution in [3.63, 3.8) is 0 Å². The van der Waals surface area contributed by atoms with Crippen molar-refractivity contribution in [2.75, 3.05) is 0 Å². The van der Waals surface area contributed by atoms with Gasteiger partial charge in [-0.25, -0.2) is 0 Å². The fourth-order valence-corrected chi connectivity index (χ4v) is 5.83.